The summed E-state index contributed by atoms with van der Waals surface area (Å²) < 4.78 is 37.6. The van der Waals surface area contributed by atoms with Gasteiger partial charge >= 0.3 is 6.18 Å². The number of rotatable bonds is 2. The van der Waals surface area contributed by atoms with Gasteiger partial charge in [0.2, 0.25) is 0 Å². The lowest BCUT2D eigenvalue weighted by molar-refractivity contribution is -0.137. The number of halogens is 3. The van der Waals surface area contributed by atoms with Gasteiger partial charge in [-0.2, -0.15) is 13.2 Å². The number of alkyl halides is 3. The molecular formula is C10H9F3S2. The van der Waals surface area contributed by atoms with Crippen LogP contribution in [0, 0.1) is 0 Å². The molecule has 82 valence electrons. The second-order valence-electron chi connectivity index (χ2n) is 2.80. The lowest BCUT2D eigenvalue weighted by Gasteiger charge is -2.08. The molecule has 0 saturated heterocycles. The minimum atomic E-state index is -4.30. The molecule has 1 aromatic carbocycles. The molecule has 1 aromatic rings. The summed E-state index contributed by atoms with van der Waals surface area (Å²) in [5, 5.41) is 0. The third-order valence-electron chi connectivity index (χ3n) is 1.70. The van der Waals surface area contributed by atoms with Gasteiger partial charge in [0.15, 0.2) is 0 Å². The molecule has 0 bridgehead atoms. The summed E-state index contributed by atoms with van der Waals surface area (Å²) in [6.45, 7) is 1.91. The van der Waals surface area contributed by atoms with E-state index in [1.165, 1.54) is 17.8 Å². The summed E-state index contributed by atoms with van der Waals surface area (Å²) in [7, 11) is 0. The van der Waals surface area contributed by atoms with E-state index in [4.69, 9.17) is 12.2 Å². The highest BCUT2D eigenvalue weighted by Gasteiger charge is 2.30. The maximum Gasteiger partial charge on any atom is 0.416 e. The second-order valence-corrected chi connectivity index (χ2v) is 4.74. The van der Waals surface area contributed by atoms with Gasteiger partial charge < -0.3 is 0 Å². The molecule has 0 unspecified atom stereocenters. The van der Waals surface area contributed by atoms with E-state index in [-0.39, 0.29) is 0 Å². The third-order valence-corrected chi connectivity index (χ3v) is 3.08. The van der Waals surface area contributed by atoms with Crippen LogP contribution in [0.15, 0.2) is 24.3 Å². The second kappa shape index (κ2) is 4.99. The van der Waals surface area contributed by atoms with Crippen LogP contribution in [-0.2, 0) is 6.18 Å². The summed E-state index contributed by atoms with van der Waals surface area (Å²) in [5.74, 6) is 0.759. The number of hydrogen-bond acceptors (Lipinski definition) is 2. The third kappa shape index (κ3) is 3.50. The molecule has 0 aliphatic heterocycles. The van der Waals surface area contributed by atoms with Crippen molar-refractivity contribution in [2.75, 3.05) is 5.75 Å². The highest BCUT2D eigenvalue weighted by molar-refractivity contribution is 8.23. The van der Waals surface area contributed by atoms with Gasteiger partial charge in [-0.25, -0.2) is 0 Å². The fourth-order valence-electron chi connectivity index (χ4n) is 1.04. The zero-order chi connectivity index (χ0) is 11.5. The molecule has 5 heteroatoms. The van der Waals surface area contributed by atoms with Crippen molar-refractivity contribution in [2.24, 2.45) is 0 Å². The fraction of sp³-hybridized carbons (Fsp3) is 0.300. The molecule has 0 nitrogen and oxygen atoms in total. The Balaban J connectivity index is 2.98. The van der Waals surface area contributed by atoms with Crippen LogP contribution in [0.2, 0.25) is 0 Å². The van der Waals surface area contributed by atoms with E-state index in [0.717, 1.165) is 17.9 Å². The Morgan fingerprint density at radius 1 is 1.40 bits per heavy atom. The standard InChI is InChI=1S/C10H9F3S2/c1-2-15-9(14)7-4-3-5-8(6-7)10(11,12)13/h3-6H,2H2,1H3. The summed E-state index contributed by atoms with van der Waals surface area (Å²) in [6, 6.07) is 5.11. The Labute approximate surface area is 95.9 Å². The van der Waals surface area contributed by atoms with Gasteiger partial charge in [0.1, 0.15) is 0 Å². The van der Waals surface area contributed by atoms with Gasteiger partial charge in [-0.05, 0) is 23.4 Å². The lowest BCUT2D eigenvalue weighted by atomic mass is 10.1. The Hall–Kier alpha value is -0.550. The first-order valence-corrected chi connectivity index (χ1v) is 5.69. The minimum Gasteiger partial charge on any atom is -0.166 e. The van der Waals surface area contributed by atoms with Crippen molar-refractivity contribution in [3.05, 3.63) is 35.4 Å². The maximum atomic E-state index is 12.4. The van der Waals surface area contributed by atoms with Crippen LogP contribution in [0.1, 0.15) is 18.1 Å². The van der Waals surface area contributed by atoms with Gasteiger partial charge in [0, 0.05) is 0 Å². The first-order chi connectivity index (χ1) is 6.95. The van der Waals surface area contributed by atoms with Crippen LogP contribution in [0.3, 0.4) is 0 Å². The van der Waals surface area contributed by atoms with Crippen molar-refractivity contribution < 1.29 is 13.2 Å². The molecule has 0 aliphatic rings. The molecule has 1 rings (SSSR count). The summed E-state index contributed by atoms with van der Waals surface area (Å²) in [5.41, 5.74) is -0.189. The average Bonchev–Trinajstić information content (AvgIpc) is 2.17. The van der Waals surface area contributed by atoms with Crippen LogP contribution in [0.4, 0.5) is 13.2 Å². The van der Waals surface area contributed by atoms with Gasteiger partial charge in [0.05, 0.1) is 9.76 Å². The van der Waals surface area contributed by atoms with Crippen LogP contribution in [0.25, 0.3) is 0 Å². The topological polar surface area (TPSA) is 0 Å². The summed E-state index contributed by atoms with van der Waals surface area (Å²) >= 11 is 6.37. The molecular weight excluding hydrogens is 241 g/mol. The van der Waals surface area contributed by atoms with E-state index in [0.29, 0.717) is 9.76 Å². The molecule has 0 radical (unpaired) electrons. The number of thioether (sulfide) groups is 1. The highest BCUT2D eigenvalue weighted by atomic mass is 32.2. The van der Waals surface area contributed by atoms with Crippen molar-refractivity contribution in [3.8, 4) is 0 Å². The van der Waals surface area contributed by atoms with E-state index in [1.54, 1.807) is 6.07 Å². The monoisotopic (exact) mass is 250 g/mol. The van der Waals surface area contributed by atoms with Crippen LogP contribution >= 0.6 is 24.0 Å². The zero-order valence-corrected chi connectivity index (χ0v) is 9.60. The molecule has 0 aliphatic carbocycles. The van der Waals surface area contributed by atoms with Crippen molar-refractivity contribution in [3.63, 3.8) is 0 Å². The highest BCUT2D eigenvalue weighted by Crippen LogP contribution is 2.30. The predicted molar refractivity (Wildman–Crippen MR) is 61.3 cm³/mol. The molecule has 0 fully saturated rings. The lowest BCUT2D eigenvalue weighted by Crippen LogP contribution is -2.06. The number of thiocarbonyl (C=S) groups is 1. The number of benzene rings is 1. The first kappa shape index (κ1) is 12.5. The van der Waals surface area contributed by atoms with Crippen molar-refractivity contribution in [2.45, 2.75) is 13.1 Å². The predicted octanol–water partition coefficient (Wildman–Crippen LogP) is 4.13. The van der Waals surface area contributed by atoms with Crippen molar-refractivity contribution in [1.82, 2.24) is 0 Å². The molecule has 15 heavy (non-hydrogen) atoms. The Bertz CT molecular complexity index is 358. The molecule has 0 saturated carbocycles. The molecule has 0 amide bonds. The van der Waals surface area contributed by atoms with Gasteiger partial charge in [-0.15, -0.1) is 11.8 Å². The summed E-state index contributed by atoms with van der Waals surface area (Å²) in [6.07, 6.45) is -4.30. The smallest absolute Gasteiger partial charge is 0.166 e. The van der Waals surface area contributed by atoms with Crippen LogP contribution < -0.4 is 0 Å². The van der Waals surface area contributed by atoms with E-state index in [9.17, 15) is 13.2 Å². The minimum absolute atomic E-state index is 0.465. The largest absolute Gasteiger partial charge is 0.416 e. The Morgan fingerprint density at radius 3 is 2.60 bits per heavy atom. The van der Waals surface area contributed by atoms with E-state index < -0.39 is 11.7 Å². The SMILES string of the molecule is CCSC(=S)c1cccc(C(F)(F)F)c1. The normalized spacial score (nSPS) is 11.5. The van der Waals surface area contributed by atoms with Crippen LogP contribution in [-0.4, -0.2) is 9.95 Å². The van der Waals surface area contributed by atoms with Crippen molar-refractivity contribution in [1.29, 1.82) is 0 Å². The molecule has 0 heterocycles. The zero-order valence-electron chi connectivity index (χ0n) is 7.97. The van der Waals surface area contributed by atoms with Gasteiger partial charge in [0.25, 0.3) is 0 Å². The first-order valence-electron chi connectivity index (χ1n) is 4.29. The van der Waals surface area contributed by atoms with E-state index >= 15 is 0 Å². The van der Waals surface area contributed by atoms with Gasteiger partial charge in [-0.3, -0.25) is 0 Å². The molecule has 0 aromatic heterocycles. The average molecular weight is 250 g/mol. The summed E-state index contributed by atoms with van der Waals surface area (Å²) in [4.78, 5) is 0. The molecule has 0 spiro atoms. The Morgan fingerprint density at radius 2 is 2.07 bits per heavy atom. The van der Waals surface area contributed by atoms with Crippen molar-refractivity contribution >= 4 is 28.2 Å². The van der Waals surface area contributed by atoms with E-state index in [1.807, 2.05) is 6.92 Å². The quantitative estimate of drug-likeness (QED) is 0.724. The van der Waals surface area contributed by atoms with E-state index in [2.05, 4.69) is 0 Å². The number of hydrogen-bond donors (Lipinski definition) is 0. The van der Waals surface area contributed by atoms with Crippen LogP contribution in [0.5, 0.6) is 0 Å². The van der Waals surface area contributed by atoms with Gasteiger partial charge in [-0.1, -0.05) is 31.3 Å². The Kier molecular flexibility index (Phi) is 4.16. The maximum absolute atomic E-state index is 12.4. The molecule has 0 N–H and O–H groups in total. The molecule has 0 atom stereocenters. The fourth-order valence-corrected chi connectivity index (χ4v) is 2.07.